The van der Waals surface area contributed by atoms with Gasteiger partial charge in [-0.05, 0) is 6.92 Å². The van der Waals surface area contributed by atoms with Crippen LogP contribution in [0.3, 0.4) is 0 Å². The summed E-state index contributed by atoms with van der Waals surface area (Å²) in [5, 5.41) is 19.9. The minimum Gasteiger partial charge on any atom is -0.480 e. The van der Waals surface area contributed by atoms with Crippen LogP contribution in [-0.2, 0) is 9.59 Å². The Bertz CT molecular complexity index is 657. The number of aliphatic carboxylic acids is 1. The summed E-state index contributed by atoms with van der Waals surface area (Å²) in [6, 6.07) is -0.969. The van der Waals surface area contributed by atoms with Gasteiger partial charge in [-0.25, -0.2) is 9.78 Å². The van der Waals surface area contributed by atoms with E-state index in [0.29, 0.717) is 10.7 Å². The molecular weight excluding hydrogens is 282 g/mol. The summed E-state index contributed by atoms with van der Waals surface area (Å²) in [5.74, 6) is -0.589. The third-order valence-corrected chi connectivity index (χ3v) is 3.59. The maximum absolute atomic E-state index is 11.0. The monoisotopic (exact) mass is 295 g/mol. The van der Waals surface area contributed by atoms with E-state index in [1.807, 2.05) is 6.92 Å². The van der Waals surface area contributed by atoms with E-state index >= 15 is 0 Å². The van der Waals surface area contributed by atoms with Crippen LogP contribution in [-0.4, -0.2) is 48.4 Å². The quantitative estimate of drug-likeness (QED) is 0.753. The maximum Gasteiger partial charge on any atom is 0.327 e. The SMILES string of the molecule is CC(=O)N[C@@H](CSc1nccn2c(C)nnc12)C(=O)O. The number of nitrogens with one attached hydrogen (secondary N) is 1. The molecule has 8 nitrogen and oxygen atoms in total. The first kappa shape index (κ1) is 14.3. The summed E-state index contributed by atoms with van der Waals surface area (Å²) in [6.45, 7) is 3.09. The second-order valence-electron chi connectivity index (χ2n) is 4.08. The van der Waals surface area contributed by atoms with Crippen molar-refractivity contribution in [1.82, 2.24) is 24.9 Å². The van der Waals surface area contributed by atoms with E-state index in [1.54, 1.807) is 16.8 Å². The van der Waals surface area contributed by atoms with E-state index in [0.717, 1.165) is 5.82 Å². The number of rotatable bonds is 5. The second-order valence-corrected chi connectivity index (χ2v) is 5.08. The van der Waals surface area contributed by atoms with Crippen LogP contribution in [0.4, 0.5) is 0 Å². The van der Waals surface area contributed by atoms with E-state index in [1.165, 1.54) is 18.7 Å². The Morgan fingerprint density at radius 3 is 2.90 bits per heavy atom. The zero-order chi connectivity index (χ0) is 14.7. The molecule has 1 amide bonds. The lowest BCUT2D eigenvalue weighted by molar-refractivity contribution is -0.140. The van der Waals surface area contributed by atoms with Crippen LogP contribution >= 0.6 is 11.8 Å². The van der Waals surface area contributed by atoms with Crippen molar-refractivity contribution >= 4 is 29.3 Å². The van der Waals surface area contributed by atoms with Gasteiger partial charge in [-0.3, -0.25) is 9.20 Å². The molecule has 106 valence electrons. The first-order chi connectivity index (χ1) is 9.49. The molecule has 0 bridgehead atoms. The Balaban J connectivity index is 2.15. The van der Waals surface area contributed by atoms with Crippen molar-refractivity contribution in [3.05, 3.63) is 18.2 Å². The first-order valence-corrected chi connectivity index (χ1v) is 6.76. The molecule has 0 aliphatic rings. The predicted octanol–water partition coefficient (Wildman–Crippen LogP) is 0.114. The molecule has 2 heterocycles. The third-order valence-electron chi connectivity index (χ3n) is 2.53. The average molecular weight is 295 g/mol. The molecule has 0 saturated carbocycles. The molecule has 0 aliphatic heterocycles. The molecule has 0 saturated heterocycles. The fourth-order valence-corrected chi connectivity index (χ4v) is 2.56. The van der Waals surface area contributed by atoms with E-state index < -0.39 is 12.0 Å². The average Bonchev–Trinajstić information content (AvgIpc) is 2.76. The zero-order valence-electron chi connectivity index (χ0n) is 10.9. The van der Waals surface area contributed by atoms with Gasteiger partial charge in [-0.2, -0.15) is 0 Å². The van der Waals surface area contributed by atoms with E-state index in [4.69, 9.17) is 5.11 Å². The van der Waals surface area contributed by atoms with Gasteiger partial charge in [0.05, 0.1) is 0 Å². The minimum absolute atomic E-state index is 0.160. The molecule has 0 unspecified atom stereocenters. The fourth-order valence-electron chi connectivity index (χ4n) is 1.60. The molecule has 20 heavy (non-hydrogen) atoms. The van der Waals surface area contributed by atoms with Gasteiger partial charge in [0.1, 0.15) is 16.9 Å². The van der Waals surface area contributed by atoms with Crippen molar-refractivity contribution < 1.29 is 14.7 Å². The summed E-state index contributed by atoms with van der Waals surface area (Å²) in [6.07, 6.45) is 3.33. The molecule has 2 aromatic heterocycles. The van der Waals surface area contributed by atoms with Crippen molar-refractivity contribution in [2.75, 3.05) is 5.75 Å². The van der Waals surface area contributed by atoms with Gasteiger partial charge in [-0.15, -0.1) is 10.2 Å². The van der Waals surface area contributed by atoms with Gasteiger partial charge in [0.15, 0.2) is 5.65 Å². The van der Waals surface area contributed by atoms with E-state index in [9.17, 15) is 9.59 Å². The van der Waals surface area contributed by atoms with Crippen LogP contribution in [0.5, 0.6) is 0 Å². The number of carbonyl (C=O) groups excluding carboxylic acids is 1. The Labute approximate surface area is 118 Å². The van der Waals surface area contributed by atoms with Gasteiger partial charge < -0.3 is 10.4 Å². The van der Waals surface area contributed by atoms with Crippen LogP contribution in [0.2, 0.25) is 0 Å². The second kappa shape index (κ2) is 5.87. The maximum atomic E-state index is 11.0. The van der Waals surface area contributed by atoms with Crippen LogP contribution in [0.1, 0.15) is 12.7 Å². The van der Waals surface area contributed by atoms with Crippen molar-refractivity contribution in [2.24, 2.45) is 0 Å². The Morgan fingerprint density at radius 2 is 2.25 bits per heavy atom. The van der Waals surface area contributed by atoms with Crippen LogP contribution in [0.25, 0.3) is 5.65 Å². The third kappa shape index (κ3) is 3.05. The van der Waals surface area contributed by atoms with Crippen LogP contribution in [0.15, 0.2) is 17.4 Å². The van der Waals surface area contributed by atoms with Gasteiger partial charge in [0, 0.05) is 25.1 Å². The minimum atomic E-state index is -1.09. The van der Waals surface area contributed by atoms with Gasteiger partial charge in [-0.1, -0.05) is 11.8 Å². The first-order valence-electron chi connectivity index (χ1n) is 5.78. The molecule has 2 N–H and O–H groups in total. The number of carbonyl (C=O) groups is 2. The summed E-state index contributed by atoms with van der Waals surface area (Å²) < 4.78 is 1.77. The number of fused-ring (bicyclic) bond motifs is 1. The molecule has 1 atom stereocenters. The van der Waals surface area contributed by atoms with Crippen molar-refractivity contribution in [3.8, 4) is 0 Å². The highest BCUT2D eigenvalue weighted by atomic mass is 32.2. The molecule has 0 radical (unpaired) electrons. The number of hydrogen-bond donors (Lipinski definition) is 2. The number of carboxylic acids is 1. The van der Waals surface area contributed by atoms with Gasteiger partial charge in [0.25, 0.3) is 0 Å². The van der Waals surface area contributed by atoms with Crippen molar-refractivity contribution in [3.63, 3.8) is 0 Å². The van der Waals surface area contributed by atoms with E-state index in [2.05, 4.69) is 20.5 Å². The van der Waals surface area contributed by atoms with Crippen LogP contribution < -0.4 is 5.32 Å². The summed E-state index contributed by atoms with van der Waals surface area (Å²) in [5.41, 5.74) is 0.571. The number of aryl methyl sites for hydroxylation is 1. The lowest BCUT2D eigenvalue weighted by Crippen LogP contribution is -2.41. The lowest BCUT2D eigenvalue weighted by atomic mass is 10.3. The number of nitrogens with zero attached hydrogens (tertiary/aromatic N) is 4. The number of thioether (sulfide) groups is 1. The Hall–Kier alpha value is -2.16. The van der Waals surface area contributed by atoms with Crippen molar-refractivity contribution in [2.45, 2.75) is 24.9 Å². The summed E-state index contributed by atoms with van der Waals surface area (Å²) >= 11 is 1.21. The molecular formula is C11H13N5O3S. The van der Waals surface area contributed by atoms with Gasteiger partial charge in [0.2, 0.25) is 5.91 Å². The molecule has 0 fully saturated rings. The standard InChI is InChI=1S/C11H13N5O3S/c1-6-14-15-9-10(12-3-4-16(6)9)20-5-8(11(18)19)13-7(2)17/h3-4,8H,5H2,1-2H3,(H,13,17)(H,18,19)/t8-/m0/s1. The largest absolute Gasteiger partial charge is 0.480 e. The normalized spacial score (nSPS) is 12.3. The molecule has 0 spiro atoms. The predicted molar refractivity (Wildman–Crippen MR) is 71.5 cm³/mol. The smallest absolute Gasteiger partial charge is 0.327 e. The highest BCUT2D eigenvalue weighted by molar-refractivity contribution is 7.99. The van der Waals surface area contributed by atoms with E-state index in [-0.39, 0.29) is 11.7 Å². The highest BCUT2D eigenvalue weighted by Crippen LogP contribution is 2.20. The number of hydrogen-bond acceptors (Lipinski definition) is 6. The molecule has 0 aromatic carbocycles. The van der Waals surface area contributed by atoms with Gasteiger partial charge >= 0.3 is 5.97 Å². The summed E-state index contributed by atoms with van der Waals surface area (Å²) in [4.78, 5) is 26.2. The molecule has 2 aromatic rings. The number of carboxylic acid groups (broad SMARTS) is 1. The van der Waals surface area contributed by atoms with Crippen LogP contribution in [0, 0.1) is 6.92 Å². The highest BCUT2D eigenvalue weighted by Gasteiger charge is 2.20. The Morgan fingerprint density at radius 1 is 1.50 bits per heavy atom. The van der Waals surface area contributed by atoms with Crippen molar-refractivity contribution in [1.29, 1.82) is 0 Å². The molecule has 0 aliphatic carbocycles. The number of amides is 1. The molecule has 9 heteroatoms. The number of aromatic nitrogens is 4. The molecule has 2 rings (SSSR count). The summed E-state index contributed by atoms with van der Waals surface area (Å²) in [7, 11) is 0. The fraction of sp³-hybridized carbons (Fsp3) is 0.364. The lowest BCUT2D eigenvalue weighted by Gasteiger charge is -2.12. The topological polar surface area (TPSA) is 109 Å². The zero-order valence-corrected chi connectivity index (χ0v) is 11.7. The Kier molecular flexibility index (Phi) is 4.18.